The molecular formula is C22H29N7S2. The maximum Gasteiger partial charge on any atom is 0.199 e. The van der Waals surface area contributed by atoms with Gasteiger partial charge in [-0.25, -0.2) is 9.67 Å². The molecule has 9 heteroatoms. The van der Waals surface area contributed by atoms with E-state index in [0.717, 1.165) is 55.7 Å². The highest BCUT2D eigenvalue weighted by molar-refractivity contribution is 7.71. The lowest BCUT2D eigenvalue weighted by atomic mass is 9.95. The molecule has 1 aliphatic carbocycles. The third-order valence-electron chi connectivity index (χ3n) is 6.37. The zero-order valence-electron chi connectivity index (χ0n) is 17.8. The SMILES string of the molecule is S=c1n(CN2CCN(c3cnccn3)CC2)nc(Cc2cccs2)n1C1CCCCC1. The summed E-state index contributed by atoms with van der Waals surface area (Å²) < 4.78 is 5.32. The van der Waals surface area contributed by atoms with Crippen LogP contribution in [-0.4, -0.2) is 55.4 Å². The molecule has 0 spiro atoms. The third kappa shape index (κ3) is 4.73. The van der Waals surface area contributed by atoms with Gasteiger partial charge in [-0.15, -0.1) is 11.3 Å². The Labute approximate surface area is 192 Å². The van der Waals surface area contributed by atoms with Gasteiger partial charge in [0.15, 0.2) is 4.77 Å². The van der Waals surface area contributed by atoms with Crippen LogP contribution < -0.4 is 4.90 Å². The Morgan fingerprint density at radius 1 is 1.06 bits per heavy atom. The Balaban J connectivity index is 1.32. The summed E-state index contributed by atoms with van der Waals surface area (Å²) in [6, 6.07) is 4.81. The lowest BCUT2D eigenvalue weighted by Crippen LogP contribution is -2.47. The van der Waals surface area contributed by atoms with Gasteiger partial charge in [0.05, 0.1) is 12.9 Å². The normalized spacial score (nSPS) is 18.5. The van der Waals surface area contributed by atoms with Gasteiger partial charge in [-0.1, -0.05) is 25.3 Å². The molecule has 0 radical (unpaired) electrons. The summed E-state index contributed by atoms with van der Waals surface area (Å²) in [5, 5.41) is 7.18. The first-order valence-corrected chi connectivity index (χ1v) is 12.5. The molecule has 31 heavy (non-hydrogen) atoms. The Bertz CT molecular complexity index is 1010. The van der Waals surface area contributed by atoms with Gasteiger partial charge < -0.3 is 9.47 Å². The second-order valence-electron chi connectivity index (χ2n) is 8.43. The number of hydrogen-bond acceptors (Lipinski definition) is 7. The Morgan fingerprint density at radius 2 is 1.90 bits per heavy atom. The predicted molar refractivity (Wildman–Crippen MR) is 126 cm³/mol. The van der Waals surface area contributed by atoms with Crippen LogP contribution >= 0.6 is 23.6 Å². The molecule has 1 saturated heterocycles. The lowest BCUT2D eigenvalue weighted by Gasteiger charge is -2.34. The molecule has 4 heterocycles. The van der Waals surface area contributed by atoms with E-state index in [4.69, 9.17) is 17.3 Å². The Kier molecular flexibility index (Phi) is 6.42. The first-order chi connectivity index (χ1) is 15.3. The zero-order chi connectivity index (χ0) is 21.0. The molecular weight excluding hydrogens is 426 g/mol. The number of nitrogens with zero attached hydrogens (tertiary/aromatic N) is 7. The van der Waals surface area contributed by atoms with E-state index in [0.29, 0.717) is 6.04 Å². The van der Waals surface area contributed by atoms with Crippen molar-refractivity contribution in [1.29, 1.82) is 0 Å². The summed E-state index contributed by atoms with van der Waals surface area (Å²) in [5.41, 5.74) is 0. The maximum absolute atomic E-state index is 5.97. The van der Waals surface area contributed by atoms with Gasteiger partial charge in [0, 0.05) is 55.9 Å². The van der Waals surface area contributed by atoms with E-state index < -0.39 is 0 Å². The van der Waals surface area contributed by atoms with Crippen molar-refractivity contribution in [2.45, 2.75) is 51.2 Å². The first kappa shape index (κ1) is 20.8. The van der Waals surface area contributed by atoms with Crippen LogP contribution in [0.2, 0.25) is 0 Å². The molecule has 164 valence electrons. The van der Waals surface area contributed by atoms with Crippen molar-refractivity contribution >= 4 is 29.4 Å². The highest BCUT2D eigenvalue weighted by atomic mass is 32.1. The molecule has 5 rings (SSSR count). The Morgan fingerprint density at radius 3 is 2.61 bits per heavy atom. The van der Waals surface area contributed by atoms with Gasteiger partial charge in [0.1, 0.15) is 11.6 Å². The van der Waals surface area contributed by atoms with Crippen molar-refractivity contribution < 1.29 is 0 Å². The molecule has 2 fully saturated rings. The molecule has 7 nitrogen and oxygen atoms in total. The van der Waals surface area contributed by atoms with Gasteiger partial charge in [-0.3, -0.25) is 9.88 Å². The zero-order valence-corrected chi connectivity index (χ0v) is 19.4. The average Bonchev–Trinajstić information content (AvgIpc) is 3.44. The van der Waals surface area contributed by atoms with Crippen molar-refractivity contribution in [3.05, 3.63) is 51.6 Å². The monoisotopic (exact) mass is 455 g/mol. The molecule has 0 aromatic carbocycles. The molecule has 0 bridgehead atoms. The molecule has 3 aromatic heterocycles. The topological polar surface area (TPSA) is 55.0 Å². The lowest BCUT2D eigenvalue weighted by molar-refractivity contribution is 0.193. The molecule has 3 aromatic rings. The second kappa shape index (κ2) is 9.58. The third-order valence-corrected chi connectivity index (χ3v) is 7.66. The van der Waals surface area contributed by atoms with Gasteiger partial charge in [0.25, 0.3) is 0 Å². The van der Waals surface area contributed by atoms with Crippen molar-refractivity contribution in [2.75, 3.05) is 31.1 Å². The fourth-order valence-electron chi connectivity index (χ4n) is 4.72. The highest BCUT2D eigenvalue weighted by Gasteiger charge is 2.24. The molecule has 0 amide bonds. The summed E-state index contributed by atoms with van der Waals surface area (Å²) >= 11 is 7.77. The number of hydrogen-bond donors (Lipinski definition) is 0. The number of piperazine rings is 1. The van der Waals surface area contributed by atoms with E-state index in [1.807, 2.05) is 6.20 Å². The van der Waals surface area contributed by atoms with E-state index in [-0.39, 0.29) is 0 Å². The molecule has 0 unspecified atom stereocenters. The van der Waals surface area contributed by atoms with Crippen molar-refractivity contribution in [1.82, 2.24) is 29.2 Å². The maximum atomic E-state index is 5.97. The highest BCUT2D eigenvalue weighted by Crippen LogP contribution is 2.30. The number of rotatable bonds is 6. The minimum absolute atomic E-state index is 0.499. The van der Waals surface area contributed by atoms with Crippen LogP contribution in [-0.2, 0) is 13.1 Å². The van der Waals surface area contributed by atoms with Gasteiger partial charge in [-0.05, 0) is 36.5 Å². The minimum Gasteiger partial charge on any atom is -0.353 e. The Hall–Kier alpha value is -2.10. The van der Waals surface area contributed by atoms with E-state index in [1.165, 1.54) is 37.0 Å². The summed E-state index contributed by atoms with van der Waals surface area (Å²) in [7, 11) is 0. The summed E-state index contributed by atoms with van der Waals surface area (Å²) in [5.74, 6) is 2.08. The van der Waals surface area contributed by atoms with Crippen LogP contribution in [0.5, 0.6) is 0 Å². The summed E-state index contributed by atoms with van der Waals surface area (Å²) in [4.78, 5) is 14.7. The van der Waals surface area contributed by atoms with Crippen LogP contribution in [0.4, 0.5) is 5.82 Å². The van der Waals surface area contributed by atoms with Crippen LogP contribution in [0.25, 0.3) is 0 Å². The van der Waals surface area contributed by atoms with E-state index in [2.05, 4.69) is 46.5 Å². The van der Waals surface area contributed by atoms with Crippen LogP contribution in [0.1, 0.15) is 48.8 Å². The molecule has 1 saturated carbocycles. The summed E-state index contributed by atoms with van der Waals surface area (Å²) in [6.45, 7) is 4.57. The smallest absolute Gasteiger partial charge is 0.199 e. The minimum atomic E-state index is 0.499. The fourth-order valence-corrected chi connectivity index (χ4v) is 5.77. The number of anilines is 1. The number of aromatic nitrogens is 5. The van der Waals surface area contributed by atoms with Gasteiger partial charge in [0.2, 0.25) is 0 Å². The summed E-state index contributed by atoms with van der Waals surface area (Å²) in [6.07, 6.45) is 12.5. The molecule has 1 aliphatic heterocycles. The van der Waals surface area contributed by atoms with E-state index in [9.17, 15) is 0 Å². The van der Waals surface area contributed by atoms with Crippen molar-refractivity contribution in [2.24, 2.45) is 0 Å². The first-order valence-electron chi connectivity index (χ1n) is 11.2. The van der Waals surface area contributed by atoms with Gasteiger partial charge in [-0.2, -0.15) is 5.10 Å². The van der Waals surface area contributed by atoms with Crippen molar-refractivity contribution in [3.63, 3.8) is 0 Å². The van der Waals surface area contributed by atoms with Crippen LogP contribution in [0.15, 0.2) is 36.1 Å². The molecule has 0 atom stereocenters. The van der Waals surface area contributed by atoms with Crippen LogP contribution in [0, 0.1) is 4.77 Å². The average molecular weight is 456 g/mol. The second-order valence-corrected chi connectivity index (χ2v) is 9.82. The fraction of sp³-hybridized carbons (Fsp3) is 0.545. The standard InChI is InChI=1S/C22H29N7S2/c30-22-28(17-26-10-12-27(13-11-26)21-16-23-8-9-24-21)25-20(15-19-7-4-14-31-19)29(22)18-5-2-1-3-6-18/h4,7-9,14,16,18H,1-3,5-6,10-13,15,17H2. The predicted octanol–water partition coefficient (Wildman–Crippen LogP) is 4.14. The largest absolute Gasteiger partial charge is 0.353 e. The molecule has 0 N–H and O–H groups in total. The van der Waals surface area contributed by atoms with Crippen LogP contribution in [0.3, 0.4) is 0 Å². The van der Waals surface area contributed by atoms with E-state index in [1.54, 1.807) is 23.7 Å². The van der Waals surface area contributed by atoms with Gasteiger partial charge >= 0.3 is 0 Å². The quantitative estimate of drug-likeness (QED) is 0.521. The van der Waals surface area contributed by atoms with E-state index >= 15 is 0 Å². The molecule has 2 aliphatic rings. The number of thiophene rings is 1. The van der Waals surface area contributed by atoms with Crippen molar-refractivity contribution in [3.8, 4) is 0 Å².